The lowest BCUT2D eigenvalue weighted by molar-refractivity contribution is 0.0672. The van der Waals surface area contributed by atoms with Crippen molar-refractivity contribution in [2.75, 3.05) is 19.9 Å². The van der Waals surface area contributed by atoms with Gasteiger partial charge in [0.2, 0.25) is 0 Å². The van der Waals surface area contributed by atoms with Gasteiger partial charge in [-0.25, -0.2) is 0 Å². The van der Waals surface area contributed by atoms with Gasteiger partial charge in [0.15, 0.2) is 0 Å². The second kappa shape index (κ2) is 6.83. The molecule has 1 fully saturated rings. The van der Waals surface area contributed by atoms with E-state index in [9.17, 15) is 4.79 Å². The molecule has 1 aromatic carbocycles. The van der Waals surface area contributed by atoms with Crippen molar-refractivity contribution in [2.45, 2.75) is 45.1 Å². The number of nitrogens with two attached hydrogens (primary N) is 1. The van der Waals surface area contributed by atoms with Crippen molar-refractivity contribution in [3.05, 3.63) is 23.8 Å². The zero-order valence-corrected chi connectivity index (χ0v) is 13.3. The van der Waals surface area contributed by atoms with Crippen LogP contribution in [0.4, 0.5) is 5.69 Å². The Bertz CT molecular complexity index is 494. The summed E-state index contributed by atoms with van der Waals surface area (Å²) in [5, 5.41) is 0. The molecule has 0 spiro atoms. The first-order valence-corrected chi connectivity index (χ1v) is 7.78. The highest BCUT2D eigenvalue weighted by Crippen LogP contribution is 2.31. The Balaban J connectivity index is 2.13. The zero-order chi connectivity index (χ0) is 15.4. The van der Waals surface area contributed by atoms with Crippen LogP contribution in [-0.4, -0.2) is 31.0 Å². The van der Waals surface area contributed by atoms with Crippen LogP contribution in [0.25, 0.3) is 0 Å². The fourth-order valence-electron chi connectivity index (χ4n) is 3.23. The van der Waals surface area contributed by atoms with Crippen LogP contribution in [0.5, 0.6) is 5.75 Å². The minimum absolute atomic E-state index is 0.0371. The molecular formula is C17H26N2O2. The van der Waals surface area contributed by atoms with Gasteiger partial charge in [-0.3, -0.25) is 4.79 Å². The molecule has 0 saturated heterocycles. The normalized spacial score (nSPS) is 21.9. The number of hydrogen-bond donors (Lipinski definition) is 1. The van der Waals surface area contributed by atoms with E-state index < -0.39 is 0 Å². The molecule has 0 atom stereocenters. The van der Waals surface area contributed by atoms with E-state index in [1.807, 2.05) is 11.9 Å². The molecule has 0 aromatic heterocycles. The highest BCUT2D eigenvalue weighted by atomic mass is 16.5. The summed E-state index contributed by atoms with van der Waals surface area (Å²) in [4.78, 5) is 14.6. The fraction of sp³-hybridized carbons (Fsp3) is 0.588. The number of carbonyl (C=O) groups excluding carboxylic acids is 1. The van der Waals surface area contributed by atoms with E-state index in [1.165, 1.54) is 19.3 Å². The summed E-state index contributed by atoms with van der Waals surface area (Å²) in [5.41, 5.74) is 6.95. The lowest BCUT2D eigenvalue weighted by Crippen LogP contribution is -2.39. The van der Waals surface area contributed by atoms with Crippen LogP contribution < -0.4 is 10.5 Å². The summed E-state index contributed by atoms with van der Waals surface area (Å²) in [5.74, 6) is 1.33. The molecule has 0 unspecified atom stereocenters. The van der Waals surface area contributed by atoms with Gasteiger partial charge in [-0.1, -0.05) is 19.4 Å². The smallest absolute Gasteiger partial charge is 0.259 e. The number of carbonyl (C=O) groups is 1. The van der Waals surface area contributed by atoms with Gasteiger partial charge in [-0.05, 0) is 43.7 Å². The van der Waals surface area contributed by atoms with Gasteiger partial charge in [0.25, 0.3) is 5.91 Å². The summed E-state index contributed by atoms with van der Waals surface area (Å²) in [6.45, 7) is 2.25. The standard InChI is InChI=1S/C17H26N2O2/c1-4-12-8-10-13(11-9-12)19(2)17(20)16-14(18)6-5-7-15(16)21-3/h5-7,12-13H,4,8-11,18H2,1-3H3. The number of benzene rings is 1. The Hall–Kier alpha value is -1.71. The number of amides is 1. The van der Waals surface area contributed by atoms with Crippen molar-refractivity contribution in [1.82, 2.24) is 4.90 Å². The third-order valence-electron chi connectivity index (χ3n) is 4.75. The van der Waals surface area contributed by atoms with E-state index in [-0.39, 0.29) is 5.91 Å². The molecule has 1 aliphatic rings. The monoisotopic (exact) mass is 290 g/mol. The van der Waals surface area contributed by atoms with Crippen molar-refractivity contribution < 1.29 is 9.53 Å². The Labute approximate surface area is 127 Å². The van der Waals surface area contributed by atoms with E-state index in [0.29, 0.717) is 23.0 Å². The van der Waals surface area contributed by atoms with Gasteiger partial charge in [0.1, 0.15) is 11.3 Å². The quantitative estimate of drug-likeness (QED) is 0.865. The molecule has 0 bridgehead atoms. The highest BCUT2D eigenvalue weighted by Gasteiger charge is 2.28. The molecular weight excluding hydrogens is 264 g/mol. The number of hydrogen-bond acceptors (Lipinski definition) is 3. The number of anilines is 1. The average molecular weight is 290 g/mol. The zero-order valence-electron chi connectivity index (χ0n) is 13.3. The maximum absolute atomic E-state index is 12.8. The Morgan fingerprint density at radius 2 is 2.00 bits per heavy atom. The van der Waals surface area contributed by atoms with Gasteiger partial charge >= 0.3 is 0 Å². The third kappa shape index (κ3) is 3.31. The summed E-state index contributed by atoms with van der Waals surface area (Å²) in [6.07, 6.45) is 5.82. The molecule has 0 heterocycles. The Morgan fingerprint density at radius 1 is 1.33 bits per heavy atom. The lowest BCUT2D eigenvalue weighted by atomic mass is 9.84. The van der Waals surface area contributed by atoms with Crippen LogP contribution >= 0.6 is 0 Å². The molecule has 21 heavy (non-hydrogen) atoms. The summed E-state index contributed by atoms with van der Waals surface area (Å²) in [7, 11) is 3.45. The number of methoxy groups -OCH3 is 1. The SMILES string of the molecule is CCC1CCC(N(C)C(=O)c2c(N)cccc2OC)CC1. The van der Waals surface area contributed by atoms with E-state index >= 15 is 0 Å². The van der Waals surface area contributed by atoms with Crippen LogP contribution in [-0.2, 0) is 0 Å². The average Bonchev–Trinajstić information content (AvgIpc) is 2.53. The number of rotatable bonds is 4. The minimum Gasteiger partial charge on any atom is -0.496 e. The molecule has 4 nitrogen and oxygen atoms in total. The van der Waals surface area contributed by atoms with Crippen molar-refractivity contribution in [2.24, 2.45) is 5.92 Å². The molecule has 0 aliphatic heterocycles. The van der Waals surface area contributed by atoms with Crippen molar-refractivity contribution in [3.8, 4) is 5.75 Å². The highest BCUT2D eigenvalue weighted by molar-refractivity contribution is 6.01. The van der Waals surface area contributed by atoms with E-state index in [0.717, 1.165) is 18.8 Å². The molecule has 2 rings (SSSR count). The number of ether oxygens (including phenoxy) is 1. The second-order valence-electron chi connectivity index (χ2n) is 5.92. The van der Waals surface area contributed by atoms with Crippen molar-refractivity contribution in [3.63, 3.8) is 0 Å². The van der Waals surface area contributed by atoms with Crippen LogP contribution in [0.15, 0.2) is 18.2 Å². The molecule has 116 valence electrons. The second-order valence-corrected chi connectivity index (χ2v) is 5.92. The lowest BCUT2D eigenvalue weighted by Gasteiger charge is -2.34. The van der Waals surface area contributed by atoms with Gasteiger partial charge in [-0.15, -0.1) is 0 Å². The maximum Gasteiger partial charge on any atom is 0.259 e. The predicted octanol–water partition coefficient (Wildman–Crippen LogP) is 3.32. The first-order valence-electron chi connectivity index (χ1n) is 7.78. The molecule has 4 heteroatoms. The van der Waals surface area contributed by atoms with E-state index in [1.54, 1.807) is 25.3 Å². The largest absolute Gasteiger partial charge is 0.496 e. The molecule has 1 aromatic rings. The summed E-state index contributed by atoms with van der Waals surface area (Å²) in [6, 6.07) is 5.64. The molecule has 2 N–H and O–H groups in total. The first kappa shape index (κ1) is 15.7. The Kier molecular flexibility index (Phi) is 5.10. The summed E-state index contributed by atoms with van der Waals surface area (Å²) < 4.78 is 5.29. The van der Waals surface area contributed by atoms with Gasteiger partial charge in [0, 0.05) is 18.8 Å². The van der Waals surface area contributed by atoms with Gasteiger partial charge in [-0.2, -0.15) is 0 Å². The third-order valence-corrected chi connectivity index (χ3v) is 4.75. The number of nitrogens with zero attached hydrogens (tertiary/aromatic N) is 1. The van der Waals surface area contributed by atoms with Crippen LogP contribution in [0, 0.1) is 5.92 Å². The minimum atomic E-state index is -0.0371. The van der Waals surface area contributed by atoms with Crippen LogP contribution in [0.3, 0.4) is 0 Å². The maximum atomic E-state index is 12.8. The van der Waals surface area contributed by atoms with E-state index in [4.69, 9.17) is 10.5 Å². The molecule has 0 radical (unpaired) electrons. The van der Waals surface area contributed by atoms with E-state index in [2.05, 4.69) is 6.92 Å². The predicted molar refractivity (Wildman–Crippen MR) is 85.5 cm³/mol. The topological polar surface area (TPSA) is 55.6 Å². The van der Waals surface area contributed by atoms with Gasteiger partial charge in [0.05, 0.1) is 7.11 Å². The van der Waals surface area contributed by atoms with Gasteiger partial charge < -0.3 is 15.4 Å². The molecule has 1 saturated carbocycles. The fourth-order valence-corrected chi connectivity index (χ4v) is 3.23. The van der Waals surface area contributed by atoms with Crippen molar-refractivity contribution in [1.29, 1.82) is 0 Å². The Morgan fingerprint density at radius 3 is 2.57 bits per heavy atom. The number of nitrogen functional groups attached to an aromatic ring is 1. The molecule has 1 aliphatic carbocycles. The summed E-state index contributed by atoms with van der Waals surface area (Å²) >= 11 is 0. The molecule has 1 amide bonds. The first-order chi connectivity index (χ1) is 10.1. The van der Waals surface area contributed by atoms with Crippen molar-refractivity contribution >= 4 is 11.6 Å². The van der Waals surface area contributed by atoms with Crippen LogP contribution in [0.2, 0.25) is 0 Å². The van der Waals surface area contributed by atoms with Crippen LogP contribution in [0.1, 0.15) is 49.4 Å².